The lowest BCUT2D eigenvalue weighted by Gasteiger charge is -2.11. The average molecular weight is 492 g/mol. The van der Waals surface area contributed by atoms with E-state index in [0.717, 1.165) is 61.0 Å². The van der Waals surface area contributed by atoms with Crippen LogP contribution in [0.4, 0.5) is 4.39 Å². The fraction of sp³-hybridized carbons (Fsp3) is 0.333. The standard InChI is InChI=1S/C30H34FNO4/c1-22-21-27(16-17-28(22)24-12-14-26(31)15-13-24)36-20-6-4-2-3-5-7-23-8-10-25(11-9-23)30(35)32-19-18-29(33)34/h8-17,21H,2-7,18-20H2,1H3,(H,32,35)(H,33,34). The van der Waals surface area contributed by atoms with Gasteiger partial charge in [0.2, 0.25) is 0 Å². The SMILES string of the molecule is Cc1cc(OCCCCCCCc2ccc(C(=O)NCCC(=O)O)cc2)ccc1-c1ccc(F)cc1. The number of hydrogen-bond acceptors (Lipinski definition) is 3. The zero-order valence-electron chi connectivity index (χ0n) is 20.8. The number of benzene rings is 3. The molecule has 3 rings (SSSR count). The molecule has 0 unspecified atom stereocenters. The third-order valence-electron chi connectivity index (χ3n) is 6.07. The van der Waals surface area contributed by atoms with Crippen molar-refractivity contribution < 1.29 is 23.8 Å². The summed E-state index contributed by atoms with van der Waals surface area (Å²) in [4.78, 5) is 22.5. The molecule has 0 heterocycles. The Labute approximate surface area is 212 Å². The average Bonchev–Trinajstić information content (AvgIpc) is 2.86. The Kier molecular flexibility index (Phi) is 10.5. The summed E-state index contributed by atoms with van der Waals surface area (Å²) >= 11 is 0. The van der Waals surface area contributed by atoms with Crippen LogP contribution in [0.5, 0.6) is 5.75 Å². The summed E-state index contributed by atoms with van der Waals surface area (Å²) in [5.74, 6) is -0.548. The van der Waals surface area contributed by atoms with Gasteiger partial charge in [-0.05, 0) is 84.8 Å². The van der Waals surface area contributed by atoms with Crippen LogP contribution in [-0.4, -0.2) is 30.1 Å². The van der Waals surface area contributed by atoms with Crippen molar-refractivity contribution in [3.05, 3.63) is 89.2 Å². The number of carbonyl (C=O) groups excluding carboxylic acids is 1. The summed E-state index contributed by atoms with van der Waals surface area (Å²) in [5, 5.41) is 11.2. The van der Waals surface area contributed by atoms with Gasteiger partial charge in [0.05, 0.1) is 13.0 Å². The summed E-state index contributed by atoms with van der Waals surface area (Å²) in [6, 6.07) is 20.1. The molecule has 5 nitrogen and oxygen atoms in total. The van der Waals surface area contributed by atoms with Crippen LogP contribution in [0.25, 0.3) is 11.1 Å². The smallest absolute Gasteiger partial charge is 0.305 e. The molecule has 3 aromatic rings. The molecule has 0 radical (unpaired) electrons. The van der Waals surface area contributed by atoms with Gasteiger partial charge in [-0.25, -0.2) is 4.39 Å². The maximum Gasteiger partial charge on any atom is 0.305 e. The summed E-state index contributed by atoms with van der Waals surface area (Å²) in [7, 11) is 0. The van der Waals surface area contributed by atoms with Gasteiger partial charge in [0.15, 0.2) is 0 Å². The van der Waals surface area contributed by atoms with Crippen LogP contribution in [0.1, 0.15) is 60.0 Å². The van der Waals surface area contributed by atoms with Crippen LogP contribution in [-0.2, 0) is 11.2 Å². The number of carboxylic acid groups (broad SMARTS) is 1. The Hall–Kier alpha value is -3.67. The predicted molar refractivity (Wildman–Crippen MR) is 140 cm³/mol. The summed E-state index contributed by atoms with van der Waals surface area (Å²) in [5.41, 5.74) is 4.92. The van der Waals surface area contributed by atoms with Gasteiger partial charge in [0, 0.05) is 12.1 Å². The molecule has 0 bridgehead atoms. The molecule has 190 valence electrons. The molecule has 0 saturated carbocycles. The van der Waals surface area contributed by atoms with Crippen LogP contribution in [0.3, 0.4) is 0 Å². The summed E-state index contributed by atoms with van der Waals surface area (Å²) < 4.78 is 19.1. The van der Waals surface area contributed by atoms with E-state index < -0.39 is 5.97 Å². The van der Waals surface area contributed by atoms with E-state index in [1.54, 1.807) is 24.3 Å². The molecule has 0 spiro atoms. The molecule has 0 aliphatic rings. The minimum Gasteiger partial charge on any atom is -0.494 e. The number of nitrogens with one attached hydrogen (secondary N) is 1. The Morgan fingerprint density at radius 3 is 2.28 bits per heavy atom. The van der Waals surface area contributed by atoms with E-state index in [4.69, 9.17) is 9.84 Å². The largest absolute Gasteiger partial charge is 0.494 e. The van der Waals surface area contributed by atoms with Crippen LogP contribution < -0.4 is 10.1 Å². The molecule has 2 N–H and O–H groups in total. The number of carbonyl (C=O) groups is 2. The van der Waals surface area contributed by atoms with Gasteiger partial charge in [0.1, 0.15) is 11.6 Å². The third-order valence-corrected chi connectivity index (χ3v) is 6.07. The first kappa shape index (κ1) is 26.9. The normalized spacial score (nSPS) is 10.7. The van der Waals surface area contributed by atoms with Crippen molar-refractivity contribution in [3.8, 4) is 16.9 Å². The summed E-state index contributed by atoms with van der Waals surface area (Å²) in [6.07, 6.45) is 6.39. The number of ether oxygens (including phenoxy) is 1. The topological polar surface area (TPSA) is 75.6 Å². The molecule has 0 saturated heterocycles. The minimum absolute atomic E-state index is 0.0818. The van der Waals surface area contributed by atoms with Gasteiger partial charge in [-0.2, -0.15) is 0 Å². The molecule has 0 aliphatic heterocycles. The van der Waals surface area contributed by atoms with Gasteiger partial charge in [-0.1, -0.05) is 49.6 Å². The number of rotatable bonds is 14. The lowest BCUT2D eigenvalue weighted by molar-refractivity contribution is -0.136. The molecule has 6 heteroatoms. The van der Waals surface area contributed by atoms with Crippen molar-refractivity contribution in [2.75, 3.05) is 13.2 Å². The number of hydrogen-bond donors (Lipinski definition) is 2. The highest BCUT2D eigenvalue weighted by atomic mass is 19.1. The second-order valence-electron chi connectivity index (χ2n) is 8.95. The van der Waals surface area contributed by atoms with Crippen LogP contribution in [0.15, 0.2) is 66.7 Å². The Morgan fingerprint density at radius 2 is 1.58 bits per heavy atom. The molecule has 0 atom stereocenters. The first-order chi connectivity index (χ1) is 17.4. The lowest BCUT2D eigenvalue weighted by Crippen LogP contribution is -2.25. The van der Waals surface area contributed by atoms with Crippen molar-refractivity contribution in [3.63, 3.8) is 0 Å². The van der Waals surface area contributed by atoms with E-state index in [0.29, 0.717) is 12.2 Å². The molecule has 0 aromatic heterocycles. The second-order valence-corrected chi connectivity index (χ2v) is 8.95. The number of aryl methyl sites for hydroxylation is 2. The van der Waals surface area contributed by atoms with E-state index in [2.05, 4.69) is 5.32 Å². The minimum atomic E-state index is -0.928. The highest BCUT2D eigenvalue weighted by molar-refractivity contribution is 5.94. The van der Waals surface area contributed by atoms with Crippen LogP contribution in [0.2, 0.25) is 0 Å². The lowest BCUT2D eigenvalue weighted by atomic mass is 10.0. The highest BCUT2D eigenvalue weighted by Crippen LogP contribution is 2.27. The maximum atomic E-state index is 13.2. The number of unbranched alkanes of at least 4 members (excludes halogenated alkanes) is 4. The quantitative estimate of drug-likeness (QED) is 0.250. The van der Waals surface area contributed by atoms with E-state index >= 15 is 0 Å². The Bertz CT molecular complexity index is 1130. The van der Waals surface area contributed by atoms with Crippen molar-refractivity contribution >= 4 is 11.9 Å². The molecule has 1 amide bonds. The maximum absolute atomic E-state index is 13.2. The van der Waals surface area contributed by atoms with E-state index in [1.165, 1.54) is 17.7 Å². The van der Waals surface area contributed by atoms with Gasteiger partial charge in [-0.3, -0.25) is 9.59 Å². The van der Waals surface area contributed by atoms with Crippen LogP contribution in [0, 0.1) is 12.7 Å². The molecule has 0 fully saturated rings. The first-order valence-electron chi connectivity index (χ1n) is 12.5. The van der Waals surface area contributed by atoms with Gasteiger partial charge < -0.3 is 15.2 Å². The van der Waals surface area contributed by atoms with Crippen molar-refractivity contribution in [1.82, 2.24) is 5.32 Å². The zero-order chi connectivity index (χ0) is 25.8. The third kappa shape index (κ3) is 8.84. The van der Waals surface area contributed by atoms with Crippen molar-refractivity contribution in [2.45, 2.75) is 51.9 Å². The van der Waals surface area contributed by atoms with Crippen LogP contribution >= 0.6 is 0 Å². The zero-order valence-corrected chi connectivity index (χ0v) is 20.8. The molecule has 3 aromatic carbocycles. The van der Waals surface area contributed by atoms with Crippen molar-refractivity contribution in [1.29, 1.82) is 0 Å². The number of amides is 1. The number of halogens is 1. The van der Waals surface area contributed by atoms with Gasteiger partial charge in [0.25, 0.3) is 5.91 Å². The number of carboxylic acids is 1. The first-order valence-corrected chi connectivity index (χ1v) is 12.5. The monoisotopic (exact) mass is 491 g/mol. The van der Waals surface area contributed by atoms with Gasteiger partial charge in [-0.15, -0.1) is 0 Å². The predicted octanol–water partition coefficient (Wildman–Crippen LogP) is 6.58. The fourth-order valence-corrected chi connectivity index (χ4v) is 4.04. The Balaban J connectivity index is 1.28. The van der Waals surface area contributed by atoms with E-state index in [-0.39, 0.29) is 24.7 Å². The molecule has 0 aliphatic carbocycles. The number of aliphatic carboxylic acids is 1. The molecular weight excluding hydrogens is 457 g/mol. The Morgan fingerprint density at radius 1 is 0.889 bits per heavy atom. The highest BCUT2D eigenvalue weighted by Gasteiger charge is 2.07. The molecular formula is C30H34FNO4. The van der Waals surface area contributed by atoms with Gasteiger partial charge >= 0.3 is 5.97 Å². The van der Waals surface area contributed by atoms with E-state index in [1.807, 2.05) is 37.3 Å². The molecule has 36 heavy (non-hydrogen) atoms. The second kappa shape index (κ2) is 14.0. The fourth-order valence-electron chi connectivity index (χ4n) is 4.04. The van der Waals surface area contributed by atoms with E-state index in [9.17, 15) is 14.0 Å². The summed E-state index contributed by atoms with van der Waals surface area (Å²) in [6.45, 7) is 2.85. The van der Waals surface area contributed by atoms with Crippen molar-refractivity contribution in [2.24, 2.45) is 0 Å².